The van der Waals surface area contributed by atoms with Crippen LogP contribution < -0.4 is 14.2 Å². The number of para-hydroxylation sites is 1. The number of hydrogen-bond acceptors (Lipinski definition) is 9. The van der Waals surface area contributed by atoms with Gasteiger partial charge in [-0.15, -0.1) is 10.2 Å². The van der Waals surface area contributed by atoms with E-state index >= 15 is 0 Å². The molecular formula is C23H23BrFN5O6S. The Balaban J connectivity index is 1.82. The number of aliphatic hydroxyl groups excluding tert-OH is 1. The van der Waals surface area contributed by atoms with Crippen LogP contribution in [-0.2, 0) is 10.0 Å². The summed E-state index contributed by atoms with van der Waals surface area (Å²) < 4.78 is 61.8. The lowest BCUT2D eigenvalue weighted by molar-refractivity contribution is 0.166. The zero-order chi connectivity index (χ0) is 26.9. The van der Waals surface area contributed by atoms with Crippen LogP contribution in [0.3, 0.4) is 0 Å². The molecule has 0 aliphatic heterocycles. The molecule has 2 atom stereocenters. The fraction of sp³-hybridized carbons (Fsp3) is 0.261. The number of nitrogens with zero attached hydrogens (tertiary/aromatic N) is 4. The van der Waals surface area contributed by atoms with Crippen LogP contribution in [-0.4, -0.2) is 52.7 Å². The number of nitrogens with one attached hydrogen (secondary N) is 1. The number of sulfonamides is 1. The predicted molar refractivity (Wildman–Crippen MR) is 136 cm³/mol. The maximum atomic E-state index is 14.4. The van der Waals surface area contributed by atoms with Crippen LogP contribution in [0.25, 0.3) is 17.3 Å². The third-order valence-corrected chi connectivity index (χ3v) is 7.67. The summed E-state index contributed by atoms with van der Waals surface area (Å²) in [5.74, 6) is 0.618. The predicted octanol–water partition coefficient (Wildman–Crippen LogP) is 4.01. The standard InChI is InChI=1S/C23H23BrFN5O6S/c1-12-8-9-18(36-12)22-27-28-23(30(22)20-16(34-3)6-5-7-17(20)35-4)29-37(32,33)13(2)21(31)19-15(25)10-14(24)11-26-19/h5-11,13,21,31H,1-4H3,(H,28,29)/t13-,21-/m1/s1. The van der Waals surface area contributed by atoms with Crippen molar-refractivity contribution in [1.82, 2.24) is 19.7 Å². The number of aryl methyl sites for hydroxylation is 1. The summed E-state index contributed by atoms with van der Waals surface area (Å²) >= 11 is 3.08. The molecule has 0 radical (unpaired) electrons. The summed E-state index contributed by atoms with van der Waals surface area (Å²) in [5, 5.41) is 17.3. The number of ether oxygens (including phenoxy) is 2. The van der Waals surface area contributed by atoms with Crippen molar-refractivity contribution in [2.24, 2.45) is 0 Å². The summed E-state index contributed by atoms with van der Waals surface area (Å²) in [6, 6.07) is 9.47. The van der Waals surface area contributed by atoms with E-state index in [-0.39, 0.29) is 11.8 Å². The highest BCUT2D eigenvalue weighted by Gasteiger charge is 2.34. The molecule has 4 rings (SSSR count). The number of aliphatic hydroxyl groups is 1. The summed E-state index contributed by atoms with van der Waals surface area (Å²) in [6.07, 6.45) is -0.522. The van der Waals surface area contributed by atoms with Crippen LogP contribution in [0.1, 0.15) is 24.5 Å². The third-order valence-electron chi connectivity index (χ3n) is 5.53. The monoisotopic (exact) mass is 595 g/mol. The van der Waals surface area contributed by atoms with Gasteiger partial charge in [0.05, 0.1) is 14.2 Å². The fourth-order valence-electron chi connectivity index (χ4n) is 3.58. The Kier molecular flexibility index (Phi) is 7.52. The lowest BCUT2D eigenvalue weighted by atomic mass is 10.2. The Labute approximate surface area is 220 Å². The molecule has 0 bridgehead atoms. The molecule has 0 aliphatic carbocycles. The van der Waals surface area contributed by atoms with Gasteiger partial charge in [0.25, 0.3) is 0 Å². The minimum Gasteiger partial charge on any atom is -0.494 e. The lowest BCUT2D eigenvalue weighted by Gasteiger charge is -2.21. The molecule has 1 aromatic carbocycles. The molecule has 196 valence electrons. The van der Waals surface area contributed by atoms with Crippen molar-refractivity contribution in [1.29, 1.82) is 0 Å². The Hall–Kier alpha value is -3.49. The van der Waals surface area contributed by atoms with Gasteiger partial charge >= 0.3 is 0 Å². The second-order valence-corrected chi connectivity index (χ2v) is 10.9. The zero-order valence-electron chi connectivity index (χ0n) is 20.1. The third kappa shape index (κ3) is 5.17. The normalized spacial score (nSPS) is 13.3. The first kappa shape index (κ1) is 26.6. The number of hydrogen-bond donors (Lipinski definition) is 2. The lowest BCUT2D eigenvalue weighted by Crippen LogP contribution is -2.32. The largest absolute Gasteiger partial charge is 0.494 e. The van der Waals surface area contributed by atoms with Gasteiger partial charge in [0.15, 0.2) is 5.76 Å². The SMILES string of the molecule is COc1cccc(OC)c1-n1c(NS(=O)(=O)[C@H](C)[C@@H](O)c2ncc(Br)cc2F)nnc1-c1ccc(C)o1. The average molecular weight is 596 g/mol. The second kappa shape index (κ2) is 10.5. The van der Waals surface area contributed by atoms with Gasteiger partial charge < -0.3 is 19.0 Å². The minimum absolute atomic E-state index is 0.155. The Bertz CT molecular complexity index is 1520. The molecular weight excluding hydrogens is 573 g/mol. The number of methoxy groups -OCH3 is 2. The highest BCUT2D eigenvalue weighted by atomic mass is 79.9. The summed E-state index contributed by atoms with van der Waals surface area (Å²) in [5.41, 5.74) is -0.117. The van der Waals surface area contributed by atoms with Crippen molar-refractivity contribution in [3.63, 3.8) is 0 Å². The van der Waals surface area contributed by atoms with E-state index in [0.717, 1.165) is 6.07 Å². The van der Waals surface area contributed by atoms with Crippen LogP contribution in [0, 0.1) is 12.7 Å². The van der Waals surface area contributed by atoms with Gasteiger partial charge in [-0.25, -0.2) is 12.8 Å². The molecule has 3 aromatic heterocycles. The van der Waals surface area contributed by atoms with Gasteiger partial charge in [0.2, 0.25) is 21.8 Å². The van der Waals surface area contributed by atoms with E-state index in [2.05, 4.69) is 35.8 Å². The number of aromatic nitrogens is 4. The molecule has 0 unspecified atom stereocenters. The van der Waals surface area contributed by atoms with Gasteiger partial charge in [0, 0.05) is 10.7 Å². The summed E-state index contributed by atoms with van der Waals surface area (Å²) in [7, 11) is -1.48. The Morgan fingerprint density at radius 2 is 1.84 bits per heavy atom. The van der Waals surface area contributed by atoms with E-state index in [1.165, 1.54) is 31.9 Å². The fourth-order valence-corrected chi connectivity index (χ4v) is 4.93. The Morgan fingerprint density at radius 1 is 1.16 bits per heavy atom. The van der Waals surface area contributed by atoms with Gasteiger partial charge in [-0.3, -0.25) is 14.3 Å². The van der Waals surface area contributed by atoms with Gasteiger partial charge in [0.1, 0.15) is 45.8 Å². The van der Waals surface area contributed by atoms with Crippen LogP contribution in [0.2, 0.25) is 0 Å². The number of anilines is 1. The first-order chi connectivity index (χ1) is 17.6. The van der Waals surface area contributed by atoms with E-state index in [9.17, 15) is 17.9 Å². The van der Waals surface area contributed by atoms with Crippen molar-refractivity contribution in [2.45, 2.75) is 25.2 Å². The maximum absolute atomic E-state index is 14.4. The minimum atomic E-state index is -4.37. The van der Waals surface area contributed by atoms with Gasteiger partial charge in [-0.2, -0.15) is 0 Å². The second-order valence-electron chi connectivity index (χ2n) is 7.92. The molecule has 37 heavy (non-hydrogen) atoms. The smallest absolute Gasteiger partial charge is 0.243 e. The number of rotatable bonds is 9. The number of furan rings is 1. The van der Waals surface area contributed by atoms with Crippen LogP contribution in [0.5, 0.6) is 11.5 Å². The molecule has 11 nitrogen and oxygen atoms in total. The van der Waals surface area contributed by atoms with Crippen LogP contribution >= 0.6 is 15.9 Å². The van der Waals surface area contributed by atoms with Crippen molar-refractivity contribution in [2.75, 3.05) is 18.9 Å². The van der Waals surface area contributed by atoms with Crippen molar-refractivity contribution in [3.05, 3.63) is 64.3 Å². The quantitative estimate of drug-likeness (QED) is 0.293. The average Bonchev–Trinajstić information content (AvgIpc) is 3.47. The molecule has 2 N–H and O–H groups in total. The zero-order valence-corrected chi connectivity index (χ0v) is 22.5. The topological polar surface area (TPSA) is 142 Å². The molecule has 3 heterocycles. The Morgan fingerprint density at radius 3 is 2.41 bits per heavy atom. The number of halogens is 2. The van der Waals surface area contributed by atoms with Crippen LogP contribution in [0.4, 0.5) is 10.3 Å². The van der Waals surface area contributed by atoms with Gasteiger partial charge in [-0.1, -0.05) is 6.07 Å². The molecule has 14 heteroatoms. The van der Waals surface area contributed by atoms with E-state index in [0.29, 0.717) is 33.2 Å². The first-order valence-electron chi connectivity index (χ1n) is 10.8. The molecule has 0 saturated heterocycles. The maximum Gasteiger partial charge on any atom is 0.243 e. The number of benzene rings is 1. The highest BCUT2D eigenvalue weighted by Crippen LogP contribution is 2.38. The van der Waals surface area contributed by atoms with E-state index in [1.807, 2.05) is 0 Å². The molecule has 0 saturated carbocycles. The molecule has 4 aromatic rings. The van der Waals surface area contributed by atoms with Crippen molar-refractivity contribution >= 4 is 31.9 Å². The highest BCUT2D eigenvalue weighted by molar-refractivity contribution is 9.10. The van der Waals surface area contributed by atoms with Gasteiger partial charge in [-0.05, 0) is 60.1 Å². The number of pyridine rings is 1. The van der Waals surface area contributed by atoms with E-state index < -0.39 is 32.9 Å². The molecule has 0 fully saturated rings. The molecule has 0 amide bonds. The van der Waals surface area contributed by atoms with E-state index in [4.69, 9.17) is 13.9 Å². The molecule has 0 spiro atoms. The first-order valence-corrected chi connectivity index (χ1v) is 13.2. The van der Waals surface area contributed by atoms with Crippen molar-refractivity contribution < 1.29 is 31.8 Å². The summed E-state index contributed by atoms with van der Waals surface area (Å²) in [4.78, 5) is 3.83. The van der Waals surface area contributed by atoms with E-state index in [1.54, 1.807) is 37.3 Å². The van der Waals surface area contributed by atoms with Crippen molar-refractivity contribution in [3.8, 4) is 28.8 Å². The molecule has 0 aliphatic rings. The van der Waals surface area contributed by atoms with Crippen LogP contribution in [0.15, 0.2) is 51.5 Å². The summed E-state index contributed by atoms with van der Waals surface area (Å²) in [6.45, 7) is 2.97.